The highest BCUT2D eigenvalue weighted by Gasteiger charge is 2.32. The number of alkyl halides is 3. The number of carbonyl (C=O) groups excluding carboxylic acids is 2. The van der Waals surface area contributed by atoms with Crippen molar-refractivity contribution in [1.29, 1.82) is 0 Å². The van der Waals surface area contributed by atoms with E-state index < -0.39 is 11.7 Å². The van der Waals surface area contributed by atoms with Crippen LogP contribution in [0.3, 0.4) is 0 Å². The molecule has 0 saturated carbocycles. The number of ether oxygens (including phenoxy) is 2. The van der Waals surface area contributed by atoms with Crippen LogP contribution in [0.4, 0.5) is 23.7 Å². The molecule has 2 amide bonds. The van der Waals surface area contributed by atoms with Crippen LogP contribution in [0, 0.1) is 0 Å². The Hall–Kier alpha value is -4.05. The Labute approximate surface area is 230 Å². The summed E-state index contributed by atoms with van der Waals surface area (Å²) in [5, 5.41) is 2.96. The molecule has 10 heteroatoms. The third-order valence-corrected chi connectivity index (χ3v) is 7.63. The molecule has 3 aromatic rings. The van der Waals surface area contributed by atoms with Gasteiger partial charge in [0.1, 0.15) is 5.75 Å². The first kappa shape index (κ1) is 27.5. The van der Waals surface area contributed by atoms with Gasteiger partial charge in [0.25, 0.3) is 5.91 Å². The normalized spacial score (nSPS) is 17.3. The van der Waals surface area contributed by atoms with Crippen LogP contribution in [-0.4, -0.2) is 68.2 Å². The van der Waals surface area contributed by atoms with Gasteiger partial charge in [0.05, 0.1) is 25.3 Å². The summed E-state index contributed by atoms with van der Waals surface area (Å²) in [6.45, 7) is 2.81. The van der Waals surface area contributed by atoms with E-state index in [1.807, 2.05) is 18.2 Å². The topological polar surface area (TPSA) is 71.1 Å². The highest BCUT2D eigenvalue weighted by molar-refractivity contribution is 6.09. The maximum Gasteiger partial charge on any atom is 0.416 e. The van der Waals surface area contributed by atoms with Crippen molar-refractivity contribution in [2.45, 2.75) is 25.1 Å². The van der Waals surface area contributed by atoms with Gasteiger partial charge >= 0.3 is 12.3 Å². The van der Waals surface area contributed by atoms with Gasteiger partial charge < -0.3 is 19.7 Å². The Balaban J connectivity index is 1.31. The van der Waals surface area contributed by atoms with Crippen LogP contribution in [0.2, 0.25) is 0 Å². The minimum atomic E-state index is -4.45. The van der Waals surface area contributed by atoms with Crippen LogP contribution >= 0.6 is 0 Å². The summed E-state index contributed by atoms with van der Waals surface area (Å²) in [6.07, 6.45) is -3.01. The number of nitrogens with one attached hydrogen (secondary N) is 1. The molecule has 1 heterocycles. The Morgan fingerprint density at radius 1 is 0.900 bits per heavy atom. The summed E-state index contributed by atoms with van der Waals surface area (Å²) in [6, 6.07) is 15.9. The number of fused-ring (bicyclic) bond motifs is 1. The first-order valence-electron chi connectivity index (χ1n) is 13.0. The maximum absolute atomic E-state index is 13.4. The molecule has 1 saturated heterocycles. The molecule has 1 aliphatic carbocycles. The van der Waals surface area contributed by atoms with Gasteiger partial charge in [-0.3, -0.25) is 9.69 Å². The lowest BCUT2D eigenvalue weighted by Gasteiger charge is -2.37. The van der Waals surface area contributed by atoms with Gasteiger partial charge in [-0.1, -0.05) is 24.3 Å². The van der Waals surface area contributed by atoms with Crippen LogP contribution < -0.4 is 10.1 Å². The largest absolute Gasteiger partial charge is 0.496 e. The van der Waals surface area contributed by atoms with Crippen LogP contribution in [0.1, 0.15) is 27.0 Å². The molecule has 40 heavy (non-hydrogen) atoms. The number of rotatable bonds is 5. The van der Waals surface area contributed by atoms with E-state index in [9.17, 15) is 22.8 Å². The van der Waals surface area contributed by atoms with Gasteiger partial charge in [-0.05, 0) is 65.9 Å². The summed E-state index contributed by atoms with van der Waals surface area (Å²) < 4.78 is 49.6. The summed E-state index contributed by atoms with van der Waals surface area (Å²) in [5.41, 5.74) is 3.42. The predicted molar refractivity (Wildman–Crippen MR) is 145 cm³/mol. The fraction of sp³-hybridized carbons (Fsp3) is 0.333. The highest BCUT2D eigenvalue weighted by atomic mass is 19.4. The molecule has 3 aromatic carbocycles. The fourth-order valence-corrected chi connectivity index (χ4v) is 5.54. The Kier molecular flexibility index (Phi) is 7.71. The molecule has 1 aliphatic heterocycles. The number of halogens is 3. The molecule has 5 rings (SSSR count). The van der Waals surface area contributed by atoms with Crippen LogP contribution in [-0.2, 0) is 23.8 Å². The van der Waals surface area contributed by atoms with E-state index in [1.165, 1.54) is 31.9 Å². The van der Waals surface area contributed by atoms with Crippen molar-refractivity contribution in [2.75, 3.05) is 45.7 Å². The number of anilines is 1. The molecular weight excluding hydrogens is 523 g/mol. The minimum Gasteiger partial charge on any atom is -0.496 e. The van der Waals surface area contributed by atoms with E-state index in [0.29, 0.717) is 47.3 Å². The van der Waals surface area contributed by atoms with Crippen molar-refractivity contribution in [3.8, 4) is 16.9 Å². The predicted octanol–water partition coefficient (Wildman–Crippen LogP) is 5.48. The number of piperazine rings is 1. The van der Waals surface area contributed by atoms with Crippen molar-refractivity contribution in [3.63, 3.8) is 0 Å². The number of methoxy groups -OCH3 is 2. The highest BCUT2D eigenvalue weighted by Crippen LogP contribution is 2.37. The molecule has 1 fully saturated rings. The Morgan fingerprint density at radius 3 is 2.25 bits per heavy atom. The quantitative estimate of drug-likeness (QED) is 0.453. The second kappa shape index (κ2) is 11.2. The lowest BCUT2D eigenvalue weighted by atomic mass is 9.96. The van der Waals surface area contributed by atoms with Crippen molar-refractivity contribution in [2.24, 2.45) is 0 Å². The van der Waals surface area contributed by atoms with Crippen LogP contribution in [0.5, 0.6) is 5.75 Å². The average molecular weight is 554 g/mol. The van der Waals surface area contributed by atoms with Crippen LogP contribution in [0.25, 0.3) is 11.1 Å². The van der Waals surface area contributed by atoms with Gasteiger partial charge in [-0.15, -0.1) is 0 Å². The number of carbonyl (C=O) groups is 2. The zero-order valence-electron chi connectivity index (χ0n) is 22.3. The molecule has 0 aromatic heterocycles. The zero-order chi connectivity index (χ0) is 28.4. The number of hydrogen-bond donors (Lipinski definition) is 1. The van der Waals surface area contributed by atoms with Gasteiger partial charge in [-0.2, -0.15) is 13.2 Å². The third-order valence-electron chi connectivity index (χ3n) is 7.63. The maximum atomic E-state index is 13.4. The molecule has 1 unspecified atom stereocenters. The van der Waals surface area contributed by atoms with Crippen molar-refractivity contribution < 1.29 is 32.2 Å². The number of hydrogen-bond acceptors (Lipinski definition) is 5. The zero-order valence-corrected chi connectivity index (χ0v) is 22.3. The molecule has 0 radical (unpaired) electrons. The molecular formula is C30H30F3N3O4. The lowest BCUT2D eigenvalue weighted by molar-refractivity contribution is -0.137. The van der Waals surface area contributed by atoms with Gasteiger partial charge in [0, 0.05) is 43.5 Å². The molecule has 0 bridgehead atoms. The standard InChI is InChI=1S/C30H30F3N3O4/c1-39-26-5-3-4-25(27(26)19-6-9-22(10-7-19)30(31,32)33)28(37)34-23-11-8-20-17-24(18-21(20)16-23)35-12-14-36(15-13-35)29(38)40-2/h3-11,16,24H,12-15,17-18H2,1-2H3,(H,34,37). The summed E-state index contributed by atoms with van der Waals surface area (Å²) >= 11 is 0. The second-order valence-electron chi connectivity index (χ2n) is 9.95. The molecule has 2 aliphatic rings. The average Bonchev–Trinajstić information content (AvgIpc) is 3.39. The second-order valence-corrected chi connectivity index (χ2v) is 9.95. The number of benzene rings is 3. The summed E-state index contributed by atoms with van der Waals surface area (Å²) in [4.78, 5) is 29.3. The van der Waals surface area contributed by atoms with E-state index in [1.54, 1.807) is 23.1 Å². The summed E-state index contributed by atoms with van der Waals surface area (Å²) in [5.74, 6) is -0.00118. The first-order valence-corrected chi connectivity index (χ1v) is 13.0. The van der Waals surface area contributed by atoms with Crippen molar-refractivity contribution in [3.05, 3.63) is 82.9 Å². The van der Waals surface area contributed by atoms with E-state index in [-0.39, 0.29) is 12.0 Å². The lowest BCUT2D eigenvalue weighted by Crippen LogP contribution is -2.52. The van der Waals surface area contributed by atoms with Crippen LogP contribution in [0.15, 0.2) is 60.7 Å². The first-order chi connectivity index (χ1) is 19.2. The van der Waals surface area contributed by atoms with E-state index in [4.69, 9.17) is 9.47 Å². The molecule has 7 nitrogen and oxygen atoms in total. The molecule has 210 valence electrons. The molecule has 0 spiro atoms. The summed E-state index contributed by atoms with van der Waals surface area (Å²) in [7, 11) is 2.85. The van der Waals surface area contributed by atoms with E-state index >= 15 is 0 Å². The molecule has 1 N–H and O–H groups in total. The smallest absolute Gasteiger partial charge is 0.416 e. The molecule has 1 atom stereocenters. The Bertz CT molecular complexity index is 1400. The van der Waals surface area contributed by atoms with E-state index in [2.05, 4.69) is 10.2 Å². The third kappa shape index (κ3) is 5.62. The Morgan fingerprint density at radius 2 is 1.60 bits per heavy atom. The van der Waals surface area contributed by atoms with Crippen molar-refractivity contribution in [1.82, 2.24) is 9.80 Å². The van der Waals surface area contributed by atoms with Gasteiger partial charge in [-0.25, -0.2) is 4.79 Å². The number of nitrogens with zero attached hydrogens (tertiary/aromatic N) is 2. The monoisotopic (exact) mass is 553 g/mol. The fourth-order valence-electron chi connectivity index (χ4n) is 5.54. The van der Waals surface area contributed by atoms with Gasteiger partial charge in [0.15, 0.2) is 0 Å². The van der Waals surface area contributed by atoms with Gasteiger partial charge in [0.2, 0.25) is 0 Å². The SMILES string of the molecule is COC(=O)N1CCN(C2Cc3ccc(NC(=O)c4cccc(OC)c4-c4ccc(C(F)(F)F)cc4)cc3C2)CC1. The van der Waals surface area contributed by atoms with Crippen molar-refractivity contribution >= 4 is 17.7 Å². The van der Waals surface area contributed by atoms with E-state index in [0.717, 1.165) is 43.6 Å². The minimum absolute atomic E-state index is 0.293. The number of amides is 2.